The molecule has 1 aromatic heterocycles. The van der Waals surface area contributed by atoms with Crippen molar-refractivity contribution in [2.45, 2.75) is 26.7 Å². The molecule has 2 nitrogen and oxygen atoms in total. The average molecular weight is 223 g/mol. The van der Waals surface area contributed by atoms with E-state index in [9.17, 15) is 4.79 Å². The highest BCUT2D eigenvalue weighted by atomic mass is 32.1. The van der Waals surface area contributed by atoms with Crippen LogP contribution in [0.4, 0.5) is 0 Å². The van der Waals surface area contributed by atoms with E-state index in [2.05, 4.69) is 12.2 Å². The fourth-order valence-corrected chi connectivity index (χ4v) is 1.89. The molecule has 0 fully saturated rings. The van der Waals surface area contributed by atoms with Crippen molar-refractivity contribution < 1.29 is 4.79 Å². The Labute approximate surface area is 95.0 Å². The molecule has 0 atom stereocenters. The lowest BCUT2D eigenvalue weighted by atomic mass is 10.2. The topological polar surface area (TPSA) is 29.1 Å². The Balaban J connectivity index is 2.45. The Bertz CT molecular complexity index is 327. The molecule has 1 N–H and O–H groups in total. The summed E-state index contributed by atoms with van der Waals surface area (Å²) in [5.41, 5.74) is 0.772. The van der Waals surface area contributed by atoms with Crippen LogP contribution in [0, 0.1) is 0 Å². The Morgan fingerprint density at radius 3 is 3.00 bits per heavy atom. The zero-order chi connectivity index (χ0) is 11.1. The van der Waals surface area contributed by atoms with E-state index in [-0.39, 0.29) is 5.91 Å². The smallest absolute Gasteiger partial charge is 0.246 e. The number of carbonyl (C=O) groups is 1. The molecule has 0 aliphatic carbocycles. The summed E-state index contributed by atoms with van der Waals surface area (Å²) in [4.78, 5) is 12.7. The van der Waals surface area contributed by atoms with Gasteiger partial charge >= 0.3 is 0 Å². The van der Waals surface area contributed by atoms with Crippen LogP contribution in [-0.4, -0.2) is 12.5 Å². The zero-order valence-corrected chi connectivity index (χ0v) is 10.1. The maximum Gasteiger partial charge on any atom is 0.246 e. The molecule has 1 amide bonds. The van der Waals surface area contributed by atoms with Gasteiger partial charge in [-0.25, -0.2) is 0 Å². The van der Waals surface area contributed by atoms with Gasteiger partial charge in [0, 0.05) is 17.0 Å². The Morgan fingerprint density at radius 1 is 1.60 bits per heavy atom. The average Bonchev–Trinajstić information content (AvgIpc) is 2.70. The normalized spacial score (nSPS) is 11.5. The van der Waals surface area contributed by atoms with Gasteiger partial charge in [-0.15, -0.1) is 11.3 Å². The number of unbranched alkanes of at least 4 members (excludes halogenated alkanes) is 1. The van der Waals surface area contributed by atoms with Gasteiger partial charge in [-0.3, -0.25) is 4.79 Å². The van der Waals surface area contributed by atoms with E-state index >= 15 is 0 Å². The van der Waals surface area contributed by atoms with E-state index in [1.807, 2.05) is 30.5 Å². The van der Waals surface area contributed by atoms with E-state index in [4.69, 9.17) is 0 Å². The first-order valence-corrected chi connectivity index (χ1v) is 6.12. The zero-order valence-electron chi connectivity index (χ0n) is 9.25. The molecule has 1 aromatic rings. The molecule has 0 saturated carbocycles. The van der Waals surface area contributed by atoms with Crippen LogP contribution < -0.4 is 5.32 Å². The minimum Gasteiger partial charge on any atom is -0.352 e. The summed E-state index contributed by atoms with van der Waals surface area (Å²) in [5, 5.41) is 4.90. The van der Waals surface area contributed by atoms with E-state index in [1.165, 1.54) is 0 Å². The molecule has 1 heterocycles. The van der Waals surface area contributed by atoms with Crippen LogP contribution in [0.15, 0.2) is 23.1 Å². The first-order valence-electron chi connectivity index (χ1n) is 5.24. The summed E-state index contributed by atoms with van der Waals surface area (Å²) in [6.45, 7) is 4.73. The van der Waals surface area contributed by atoms with Crippen molar-refractivity contribution in [3.05, 3.63) is 28.0 Å². The Kier molecular flexibility index (Phi) is 5.12. The minimum atomic E-state index is 0.0388. The fourth-order valence-electron chi connectivity index (χ4n) is 1.17. The highest BCUT2D eigenvalue weighted by molar-refractivity contribution is 7.10. The van der Waals surface area contributed by atoms with Gasteiger partial charge in [-0.2, -0.15) is 0 Å². The molecule has 82 valence electrons. The molecule has 0 aliphatic rings. The summed E-state index contributed by atoms with van der Waals surface area (Å²) in [6.07, 6.45) is 4.07. The van der Waals surface area contributed by atoms with Gasteiger partial charge in [0.1, 0.15) is 0 Å². The second-order valence-corrected chi connectivity index (χ2v) is 4.43. The van der Waals surface area contributed by atoms with Crippen LogP contribution in [-0.2, 0) is 4.79 Å². The quantitative estimate of drug-likeness (QED) is 0.603. The van der Waals surface area contributed by atoms with Gasteiger partial charge in [0.05, 0.1) is 0 Å². The van der Waals surface area contributed by atoms with Crippen molar-refractivity contribution in [1.29, 1.82) is 0 Å². The first kappa shape index (κ1) is 12.0. The molecule has 0 aliphatic heterocycles. The molecule has 0 radical (unpaired) electrons. The highest BCUT2D eigenvalue weighted by Crippen LogP contribution is 2.13. The Hall–Kier alpha value is -1.09. The van der Waals surface area contributed by atoms with Crippen LogP contribution in [0.2, 0.25) is 0 Å². The molecule has 1 rings (SSSR count). The van der Waals surface area contributed by atoms with Crippen LogP contribution >= 0.6 is 11.3 Å². The minimum absolute atomic E-state index is 0.0388. The lowest BCUT2D eigenvalue weighted by Crippen LogP contribution is -2.24. The largest absolute Gasteiger partial charge is 0.352 e. The maximum absolute atomic E-state index is 11.6. The molecule has 0 bridgehead atoms. The lowest BCUT2D eigenvalue weighted by molar-refractivity contribution is -0.117. The van der Waals surface area contributed by atoms with Crippen molar-refractivity contribution in [3.8, 4) is 0 Å². The molecular formula is C12H17NOS. The number of thiophene rings is 1. The highest BCUT2D eigenvalue weighted by Gasteiger charge is 2.02. The van der Waals surface area contributed by atoms with E-state index in [0.29, 0.717) is 0 Å². The van der Waals surface area contributed by atoms with Crippen molar-refractivity contribution in [2.75, 3.05) is 6.54 Å². The third-order valence-corrected chi connectivity index (χ3v) is 2.90. The van der Waals surface area contributed by atoms with Gasteiger partial charge in [-0.05, 0) is 30.9 Å². The van der Waals surface area contributed by atoms with Gasteiger partial charge in [0.15, 0.2) is 0 Å². The summed E-state index contributed by atoms with van der Waals surface area (Å²) in [6, 6.07) is 3.99. The number of amides is 1. The van der Waals surface area contributed by atoms with Crippen LogP contribution in [0.5, 0.6) is 0 Å². The third-order valence-electron chi connectivity index (χ3n) is 2.08. The van der Waals surface area contributed by atoms with E-state index in [0.717, 1.165) is 29.8 Å². The molecule has 0 unspecified atom stereocenters. The van der Waals surface area contributed by atoms with Crippen molar-refractivity contribution >= 4 is 23.3 Å². The summed E-state index contributed by atoms with van der Waals surface area (Å²) in [7, 11) is 0. The van der Waals surface area contributed by atoms with E-state index < -0.39 is 0 Å². The third kappa shape index (κ3) is 4.30. The molecular weight excluding hydrogens is 206 g/mol. The van der Waals surface area contributed by atoms with Gasteiger partial charge < -0.3 is 5.32 Å². The molecule has 3 heteroatoms. The van der Waals surface area contributed by atoms with Crippen molar-refractivity contribution in [1.82, 2.24) is 5.32 Å². The lowest BCUT2D eigenvalue weighted by Gasteiger charge is -2.03. The summed E-state index contributed by atoms with van der Waals surface area (Å²) in [5.74, 6) is 0.0388. The second-order valence-electron chi connectivity index (χ2n) is 3.45. The summed E-state index contributed by atoms with van der Waals surface area (Å²) >= 11 is 1.64. The standard InChI is InChI=1S/C12H17NOS/c1-3-4-7-13-12(14)10(2)9-11-6-5-8-15-11/h5-6,8-9H,3-4,7H2,1-2H3,(H,13,14)/b10-9+. The Morgan fingerprint density at radius 2 is 2.40 bits per heavy atom. The molecule has 0 spiro atoms. The number of hydrogen-bond acceptors (Lipinski definition) is 2. The molecule has 15 heavy (non-hydrogen) atoms. The van der Waals surface area contributed by atoms with E-state index in [1.54, 1.807) is 11.3 Å². The summed E-state index contributed by atoms with van der Waals surface area (Å²) < 4.78 is 0. The number of nitrogens with one attached hydrogen (secondary N) is 1. The predicted octanol–water partition coefficient (Wildman–Crippen LogP) is 3.07. The monoisotopic (exact) mass is 223 g/mol. The fraction of sp³-hybridized carbons (Fsp3) is 0.417. The van der Waals surface area contributed by atoms with Crippen LogP contribution in [0.3, 0.4) is 0 Å². The first-order chi connectivity index (χ1) is 7.24. The van der Waals surface area contributed by atoms with Crippen molar-refractivity contribution in [2.24, 2.45) is 0 Å². The van der Waals surface area contributed by atoms with Crippen molar-refractivity contribution in [3.63, 3.8) is 0 Å². The molecule has 0 saturated heterocycles. The van der Waals surface area contributed by atoms with Crippen LogP contribution in [0.1, 0.15) is 31.6 Å². The maximum atomic E-state index is 11.6. The van der Waals surface area contributed by atoms with Crippen LogP contribution in [0.25, 0.3) is 6.08 Å². The number of carbonyl (C=O) groups excluding carboxylic acids is 1. The molecule has 0 aromatic carbocycles. The second kappa shape index (κ2) is 6.40. The van der Waals surface area contributed by atoms with Gasteiger partial charge in [0.25, 0.3) is 0 Å². The number of rotatable bonds is 5. The predicted molar refractivity (Wildman–Crippen MR) is 65.9 cm³/mol. The SMILES string of the molecule is CCCCNC(=O)/C(C)=C/c1cccs1. The number of hydrogen-bond donors (Lipinski definition) is 1. The van der Waals surface area contributed by atoms with Gasteiger partial charge in [0.2, 0.25) is 5.91 Å². The van der Waals surface area contributed by atoms with Gasteiger partial charge in [-0.1, -0.05) is 19.4 Å².